The SMILES string of the molecule is CCCOc1c(Br)cc(CNC23CC4CC(CC(C4)C2)C3)cc1Br. The molecule has 0 aliphatic heterocycles. The molecule has 1 N–H and O–H groups in total. The molecule has 0 aromatic heterocycles. The Balaban J connectivity index is 1.44. The van der Waals surface area contributed by atoms with Crippen molar-refractivity contribution in [3.05, 3.63) is 26.6 Å². The van der Waals surface area contributed by atoms with E-state index < -0.39 is 0 Å². The van der Waals surface area contributed by atoms with Crippen molar-refractivity contribution in [3.63, 3.8) is 0 Å². The minimum atomic E-state index is 0.422. The molecule has 4 bridgehead atoms. The van der Waals surface area contributed by atoms with E-state index in [2.05, 4.69) is 56.2 Å². The lowest BCUT2D eigenvalue weighted by Crippen LogP contribution is -2.58. The van der Waals surface area contributed by atoms with Crippen LogP contribution >= 0.6 is 31.9 Å². The van der Waals surface area contributed by atoms with Gasteiger partial charge in [0.05, 0.1) is 15.6 Å². The van der Waals surface area contributed by atoms with E-state index in [9.17, 15) is 0 Å². The summed E-state index contributed by atoms with van der Waals surface area (Å²) < 4.78 is 7.93. The van der Waals surface area contributed by atoms with Crippen molar-refractivity contribution < 1.29 is 4.74 Å². The average Bonchev–Trinajstić information content (AvgIpc) is 2.51. The molecule has 0 saturated heterocycles. The number of ether oxygens (including phenoxy) is 1. The van der Waals surface area contributed by atoms with Crippen LogP contribution in [0.1, 0.15) is 57.4 Å². The molecule has 5 rings (SSSR count). The Kier molecular flexibility index (Phi) is 5.01. The fourth-order valence-electron chi connectivity index (χ4n) is 5.67. The molecular formula is C20H27Br2NO. The maximum atomic E-state index is 5.84. The van der Waals surface area contributed by atoms with Crippen LogP contribution in [0.2, 0.25) is 0 Å². The summed E-state index contributed by atoms with van der Waals surface area (Å²) in [6.07, 6.45) is 9.73. The molecular weight excluding hydrogens is 430 g/mol. The zero-order chi connectivity index (χ0) is 16.7. The van der Waals surface area contributed by atoms with Crippen molar-refractivity contribution >= 4 is 31.9 Å². The largest absolute Gasteiger partial charge is 0.491 e. The highest BCUT2D eigenvalue weighted by Gasteiger charge is 2.50. The Morgan fingerprint density at radius 1 is 1.04 bits per heavy atom. The summed E-state index contributed by atoms with van der Waals surface area (Å²) in [5.41, 5.74) is 1.75. The lowest BCUT2D eigenvalue weighted by molar-refractivity contribution is -0.0206. The third-order valence-electron chi connectivity index (χ3n) is 6.21. The van der Waals surface area contributed by atoms with E-state index >= 15 is 0 Å². The lowest BCUT2D eigenvalue weighted by Gasteiger charge is -2.57. The van der Waals surface area contributed by atoms with E-state index in [1.165, 1.54) is 44.1 Å². The number of halogens is 2. The maximum absolute atomic E-state index is 5.84. The first kappa shape index (κ1) is 17.4. The van der Waals surface area contributed by atoms with Crippen molar-refractivity contribution in [1.82, 2.24) is 5.32 Å². The van der Waals surface area contributed by atoms with Gasteiger partial charge in [0.1, 0.15) is 5.75 Å². The van der Waals surface area contributed by atoms with E-state index in [-0.39, 0.29) is 0 Å². The number of rotatable bonds is 6. The molecule has 0 atom stereocenters. The van der Waals surface area contributed by atoms with Gasteiger partial charge in [0.2, 0.25) is 0 Å². The molecule has 4 saturated carbocycles. The van der Waals surface area contributed by atoms with Gasteiger partial charge in [-0.1, -0.05) is 6.92 Å². The van der Waals surface area contributed by atoms with E-state index in [0.29, 0.717) is 5.54 Å². The van der Waals surface area contributed by atoms with Crippen molar-refractivity contribution in [2.24, 2.45) is 17.8 Å². The highest BCUT2D eigenvalue weighted by atomic mass is 79.9. The summed E-state index contributed by atoms with van der Waals surface area (Å²) >= 11 is 7.36. The highest BCUT2D eigenvalue weighted by Crippen LogP contribution is 2.55. The highest BCUT2D eigenvalue weighted by molar-refractivity contribution is 9.11. The van der Waals surface area contributed by atoms with Crippen LogP contribution in [0.3, 0.4) is 0 Å². The molecule has 24 heavy (non-hydrogen) atoms. The first-order valence-corrected chi connectivity index (χ1v) is 11.0. The van der Waals surface area contributed by atoms with Crippen molar-refractivity contribution in [3.8, 4) is 5.75 Å². The van der Waals surface area contributed by atoms with E-state index in [0.717, 1.165) is 52.0 Å². The van der Waals surface area contributed by atoms with Gasteiger partial charge in [-0.05, 0) is 112 Å². The number of hydrogen-bond acceptors (Lipinski definition) is 2. The van der Waals surface area contributed by atoms with E-state index in [1.807, 2.05) is 0 Å². The molecule has 4 aliphatic rings. The minimum absolute atomic E-state index is 0.422. The van der Waals surface area contributed by atoms with Gasteiger partial charge in [0.15, 0.2) is 0 Å². The first-order chi connectivity index (χ1) is 11.6. The summed E-state index contributed by atoms with van der Waals surface area (Å²) in [7, 11) is 0. The summed E-state index contributed by atoms with van der Waals surface area (Å²) in [5, 5.41) is 3.98. The van der Waals surface area contributed by atoms with Gasteiger partial charge < -0.3 is 10.1 Å². The van der Waals surface area contributed by atoms with Gasteiger partial charge in [0.25, 0.3) is 0 Å². The third-order valence-corrected chi connectivity index (χ3v) is 7.39. The molecule has 132 valence electrons. The molecule has 4 fully saturated rings. The summed E-state index contributed by atoms with van der Waals surface area (Å²) in [5.74, 6) is 3.90. The molecule has 0 spiro atoms. The standard InChI is InChI=1S/C20H27Br2NO/c1-2-3-24-19-17(21)7-16(8-18(19)22)12-23-20-9-13-4-14(10-20)6-15(5-13)11-20/h7-8,13-15,23H,2-6,9-12H2,1H3. The van der Waals surface area contributed by atoms with Gasteiger partial charge >= 0.3 is 0 Å². The van der Waals surface area contributed by atoms with Crippen LogP contribution in [0, 0.1) is 17.8 Å². The van der Waals surface area contributed by atoms with Crippen LogP contribution in [0.5, 0.6) is 5.75 Å². The Morgan fingerprint density at radius 3 is 2.08 bits per heavy atom. The van der Waals surface area contributed by atoms with Crippen molar-refractivity contribution in [1.29, 1.82) is 0 Å². The fraction of sp³-hybridized carbons (Fsp3) is 0.700. The summed E-state index contributed by atoms with van der Waals surface area (Å²) in [6, 6.07) is 4.42. The second kappa shape index (κ2) is 6.92. The van der Waals surface area contributed by atoms with Crippen LogP contribution in [-0.2, 0) is 6.54 Å². The average molecular weight is 457 g/mol. The fourth-order valence-corrected chi connectivity index (χ4v) is 7.18. The van der Waals surface area contributed by atoms with Gasteiger partial charge in [0, 0.05) is 12.1 Å². The third kappa shape index (κ3) is 3.43. The predicted molar refractivity (Wildman–Crippen MR) is 105 cm³/mol. The maximum Gasteiger partial charge on any atom is 0.147 e. The van der Waals surface area contributed by atoms with Crippen molar-refractivity contribution in [2.75, 3.05) is 6.61 Å². The molecule has 4 aliphatic carbocycles. The zero-order valence-electron chi connectivity index (χ0n) is 14.4. The Hall–Kier alpha value is -0.0600. The number of nitrogens with one attached hydrogen (secondary N) is 1. The first-order valence-electron chi connectivity index (χ1n) is 9.42. The Labute approximate surface area is 162 Å². The van der Waals surface area contributed by atoms with Gasteiger partial charge in [-0.25, -0.2) is 0 Å². The number of hydrogen-bond donors (Lipinski definition) is 1. The summed E-state index contributed by atoms with van der Waals surface area (Å²) in [4.78, 5) is 0. The number of benzene rings is 1. The monoisotopic (exact) mass is 455 g/mol. The van der Waals surface area contributed by atoms with Crippen molar-refractivity contribution in [2.45, 2.75) is 64.0 Å². The molecule has 0 unspecified atom stereocenters. The van der Waals surface area contributed by atoms with Gasteiger partial charge in [-0.3, -0.25) is 0 Å². The molecule has 1 aromatic carbocycles. The summed E-state index contributed by atoms with van der Waals surface area (Å²) in [6.45, 7) is 3.84. The minimum Gasteiger partial charge on any atom is -0.491 e. The van der Waals surface area contributed by atoms with Crippen LogP contribution in [0.4, 0.5) is 0 Å². The van der Waals surface area contributed by atoms with Crippen LogP contribution in [0.15, 0.2) is 21.1 Å². The van der Waals surface area contributed by atoms with Crippen LogP contribution in [-0.4, -0.2) is 12.1 Å². The van der Waals surface area contributed by atoms with E-state index in [1.54, 1.807) is 0 Å². The lowest BCUT2D eigenvalue weighted by atomic mass is 9.53. The van der Waals surface area contributed by atoms with Gasteiger partial charge in [-0.2, -0.15) is 0 Å². The quantitative estimate of drug-likeness (QED) is 0.561. The topological polar surface area (TPSA) is 21.3 Å². The zero-order valence-corrected chi connectivity index (χ0v) is 17.6. The Bertz CT molecular complexity index is 557. The molecule has 0 radical (unpaired) electrons. The second-order valence-corrected chi connectivity index (χ2v) is 10.00. The molecule has 0 amide bonds. The normalized spacial score (nSPS) is 33.9. The Morgan fingerprint density at radius 2 is 1.58 bits per heavy atom. The van der Waals surface area contributed by atoms with E-state index in [4.69, 9.17) is 4.74 Å². The molecule has 2 nitrogen and oxygen atoms in total. The van der Waals surface area contributed by atoms with Crippen LogP contribution < -0.4 is 10.1 Å². The predicted octanol–water partition coefficient (Wildman–Crippen LogP) is 6.06. The van der Waals surface area contributed by atoms with Gasteiger partial charge in [-0.15, -0.1) is 0 Å². The van der Waals surface area contributed by atoms with Crippen LogP contribution in [0.25, 0.3) is 0 Å². The molecule has 1 aromatic rings. The molecule has 0 heterocycles. The second-order valence-electron chi connectivity index (χ2n) is 8.29. The smallest absolute Gasteiger partial charge is 0.147 e. The molecule has 4 heteroatoms.